The molecule has 1 fully saturated rings. The van der Waals surface area contributed by atoms with Crippen LogP contribution in [0.2, 0.25) is 0 Å². The minimum atomic E-state index is -0.268. The molecule has 5 nitrogen and oxygen atoms in total. The maximum atomic E-state index is 9.95. The molecule has 2 rings (SSSR count). The number of likely N-dealkylation sites (tertiary alicyclic amines) is 1. The number of rotatable bonds is 5. The van der Waals surface area contributed by atoms with Crippen molar-refractivity contribution in [2.75, 3.05) is 33.7 Å². The zero-order valence-corrected chi connectivity index (χ0v) is 12.0. The zero-order valence-electron chi connectivity index (χ0n) is 12.0. The molecule has 2 heterocycles. The minimum absolute atomic E-state index is 0.0517. The Morgan fingerprint density at radius 2 is 2.26 bits per heavy atom. The van der Waals surface area contributed by atoms with Gasteiger partial charge in [0.2, 0.25) is 0 Å². The van der Waals surface area contributed by atoms with Crippen LogP contribution >= 0.6 is 0 Å². The van der Waals surface area contributed by atoms with E-state index in [1.807, 2.05) is 19.1 Å². The summed E-state index contributed by atoms with van der Waals surface area (Å²) in [5, 5.41) is 9.95. The van der Waals surface area contributed by atoms with Crippen LogP contribution in [-0.2, 0) is 0 Å². The van der Waals surface area contributed by atoms with Crippen LogP contribution in [0.1, 0.15) is 24.0 Å². The first kappa shape index (κ1) is 14.5. The van der Waals surface area contributed by atoms with Crippen molar-refractivity contribution in [1.82, 2.24) is 9.80 Å². The fourth-order valence-electron chi connectivity index (χ4n) is 2.95. The normalized spacial score (nSPS) is 26.2. The number of aryl methyl sites for hydroxylation is 1. The number of hydrogen-bond donors (Lipinski definition) is 2. The third-order valence-electron chi connectivity index (χ3n) is 3.72. The zero-order chi connectivity index (χ0) is 14.0. The fraction of sp³-hybridized carbons (Fsp3) is 0.714. The van der Waals surface area contributed by atoms with E-state index in [0.29, 0.717) is 19.1 Å². The van der Waals surface area contributed by atoms with Gasteiger partial charge in [0.05, 0.1) is 12.1 Å². The fourth-order valence-corrected chi connectivity index (χ4v) is 2.95. The van der Waals surface area contributed by atoms with Gasteiger partial charge in [-0.25, -0.2) is 0 Å². The number of nitrogens with two attached hydrogens (primary N) is 1. The third-order valence-corrected chi connectivity index (χ3v) is 3.72. The van der Waals surface area contributed by atoms with E-state index < -0.39 is 0 Å². The van der Waals surface area contributed by atoms with E-state index in [9.17, 15) is 5.11 Å². The van der Waals surface area contributed by atoms with Crippen molar-refractivity contribution in [3.63, 3.8) is 0 Å². The van der Waals surface area contributed by atoms with Gasteiger partial charge in [-0.15, -0.1) is 0 Å². The van der Waals surface area contributed by atoms with Gasteiger partial charge in [0.1, 0.15) is 11.5 Å². The number of aliphatic hydroxyl groups is 1. The summed E-state index contributed by atoms with van der Waals surface area (Å²) in [5.41, 5.74) is 5.94. The van der Waals surface area contributed by atoms with Gasteiger partial charge in [0.25, 0.3) is 0 Å². The van der Waals surface area contributed by atoms with Crippen molar-refractivity contribution in [2.24, 2.45) is 5.73 Å². The lowest BCUT2D eigenvalue weighted by molar-refractivity contribution is 0.126. The number of furan rings is 1. The molecule has 0 aliphatic carbocycles. The van der Waals surface area contributed by atoms with E-state index in [-0.39, 0.29) is 12.1 Å². The molecule has 0 spiro atoms. The highest BCUT2D eigenvalue weighted by Crippen LogP contribution is 2.30. The molecule has 3 atom stereocenters. The average molecular weight is 267 g/mol. The number of likely N-dealkylation sites (N-methyl/N-ethyl adjacent to an activating group) is 1. The monoisotopic (exact) mass is 267 g/mol. The van der Waals surface area contributed by atoms with Crippen molar-refractivity contribution in [3.05, 3.63) is 23.7 Å². The van der Waals surface area contributed by atoms with Crippen molar-refractivity contribution in [1.29, 1.82) is 0 Å². The molecule has 1 aliphatic rings. The maximum absolute atomic E-state index is 9.95. The highest BCUT2D eigenvalue weighted by Gasteiger charge is 2.36. The van der Waals surface area contributed by atoms with Crippen molar-refractivity contribution >= 4 is 0 Å². The first-order valence-electron chi connectivity index (χ1n) is 6.86. The first-order chi connectivity index (χ1) is 9.01. The molecule has 0 saturated carbocycles. The highest BCUT2D eigenvalue weighted by atomic mass is 16.3. The van der Waals surface area contributed by atoms with Crippen LogP contribution in [-0.4, -0.2) is 60.8 Å². The topological polar surface area (TPSA) is 65.9 Å². The molecule has 0 bridgehead atoms. The van der Waals surface area contributed by atoms with Gasteiger partial charge in [0, 0.05) is 25.7 Å². The van der Waals surface area contributed by atoms with E-state index in [0.717, 1.165) is 24.5 Å². The molecule has 19 heavy (non-hydrogen) atoms. The lowest BCUT2D eigenvalue weighted by atomic mass is 10.1. The van der Waals surface area contributed by atoms with Crippen LogP contribution in [0.25, 0.3) is 0 Å². The summed E-state index contributed by atoms with van der Waals surface area (Å²) in [5.74, 6) is 1.80. The second-order valence-electron chi connectivity index (χ2n) is 5.70. The Balaban J connectivity index is 2.16. The smallest absolute Gasteiger partial charge is 0.122 e. The molecule has 1 aromatic heterocycles. The Morgan fingerprint density at radius 3 is 2.79 bits per heavy atom. The van der Waals surface area contributed by atoms with Crippen LogP contribution in [0.15, 0.2) is 16.5 Å². The predicted molar refractivity (Wildman–Crippen MR) is 74.9 cm³/mol. The molecule has 3 unspecified atom stereocenters. The Kier molecular flexibility index (Phi) is 4.62. The molecule has 5 heteroatoms. The van der Waals surface area contributed by atoms with Gasteiger partial charge in [-0.1, -0.05) is 0 Å². The Hall–Kier alpha value is -0.880. The molecule has 0 amide bonds. The number of nitrogens with zero attached hydrogens (tertiary/aromatic N) is 2. The Bertz CT molecular complexity index is 405. The number of β-amino-alcohol motifs (C(OH)–C–C–N with tert-alkyl or cyclic N) is 1. The largest absolute Gasteiger partial charge is 0.465 e. The third kappa shape index (κ3) is 3.36. The molecular formula is C14H25N3O2. The van der Waals surface area contributed by atoms with E-state index >= 15 is 0 Å². The van der Waals surface area contributed by atoms with Gasteiger partial charge in [-0.05, 0) is 39.6 Å². The van der Waals surface area contributed by atoms with Gasteiger partial charge < -0.3 is 20.2 Å². The molecule has 108 valence electrons. The van der Waals surface area contributed by atoms with Crippen molar-refractivity contribution < 1.29 is 9.52 Å². The van der Waals surface area contributed by atoms with Crippen LogP contribution in [0.5, 0.6) is 0 Å². The van der Waals surface area contributed by atoms with E-state index in [1.165, 1.54) is 0 Å². The SMILES string of the molecule is Cc1ccc(C(CN)N2CC(O)CC2CN(C)C)o1. The Morgan fingerprint density at radius 1 is 1.53 bits per heavy atom. The van der Waals surface area contributed by atoms with Gasteiger partial charge in [0.15, 0.2) is 0 Å². The molecule has 0 aromatic carbocycles. The standard InChI is InChI=1S/C14H25N3O2/c1-10-4-5-14(19-10)13(7-15)17-9-12(18)6-11(17)8-16(2)3/h4-5,11-13,18H,6-9,15H2,1-3H3. The van der Waals surface area contributed by atoms with Gasteiger partial charge >= 0.3 is 0 Å². The lowest BCUT2D eigenvalue weighted by Crippen LogP contribution is -2.42. The van der Waals surface area contributed by atoms with E-state index in [2.05, 4.69) is 23.9 Å². The molecule has 1 aliphatic heterocycles. The van der Waals surface area contributed by atoms with Crippen LogP contribution in [0, 0.1) is 6.92 Å². The summed E-state index contributed by atoms with van der Waals surface area (Å²) in [6.07, 6.45) is 0.532. The molecule has 3 N–H and O–H groups in total. The summed E-state index contributed by atoms with van der Waals surface area (Å²) >= 11 is 0. The molecular weight excluding hydrogens is 242 g/mol. The minimum Gasteiger partial charge on any atom is -0.465 e. The average Bonchev–Trinajstić information content (AvgIpc) is 2.87. The Labute approximate surface area is 115 Å². The predicted octanol–water partition coefficient (Wildman–Crippen LogP) is 0.585. The van der Waals surface area contributed by atoms with Crippen LogP contribution in [0.3, 0.4) is 0 Å². The molecule has 1 aromatic rings. The number of hydrogen-bond acceptors (Lipinski definition) is 5. The second-order valence-corrected chi connectivity index (χ2v) is 5.70. The summed E-state index contributed by atoms with van der Waals surface area (Å²) in [4.78, 5) is 4.43. The molecule has 0 radical (unpaired) electrons. The lowest BCUT2D eigenvalue weighted by Gasteiger charge is -2.32. The molecule has 1 saturated heterocycles. The number of aliphatic hydroxyl groups excluding tert-OH is 1. The van der Waals surface area contributed by atoms with Gasteiger partial charge in [-0.2, -0.15) is 0 Å². The van der Waals surface area contributed by atoms with Crippen LogP contribution in [0.4, 0.5) is 0 Å². The van der Waals surface area contributed by atoms with Crippen molar-refractivity contribution in [2.45, 2.75) is 31.5 Å². The maximum Gasteiger partial charge on any atom is 0.122 e. The van der Waals surface area contributed by atoms with Crippen LogP contribution < -0.4 is 5.73 Å². The van der Waals surface area contributed by atoms with E-state index in [1.54, 1.807) is 0 Å². The summed E-state index contributed by atoms with van der Waals surface area (Å²) in [6.45, 7) is 4.03. The quantitative estimate of drug-likeness (QED) is 0.817. The van der Waals surface area contributed by atoms with Crippen molar-refractivity contribution in [3.8, 4) is 0 Å². The van der Waals surface area contributed by atoms with E-state index in [4.69, 9.17) is 10.2 Å². The highest BCUT2D eigenvalue weighted by molar-refractivity contribution is 5.12. The summed E-state index contributed by atoms with van der Waals surface area (Å²) in [6, 6.07) is 4.33. The van der Waals surface area contributed by atoms with Gasteiger partial charge in [-0.3, -0.25) is 4.90 Å². The summed E-state index contributed by atoms with van der Waals surface area (Å²) < 4.78 is 5.72. The summed E-state index contributed by atoms with van der Waals surface area (Å²) in [7, 11) is 4.11. The first-order valence-corrected chi connectivity index (χ1v) is 6.86. The second kappa shape index (κ2) is 6.05.